The van der Waals surface area contributed by atoms with Crippen LogP contribution in [0, 0.1) is 11.3 Å². The SMILES string of the molecule is CN(C)C[C@H]1CN(CCCC#N)CCO1. The molecular weight excluding hydrogens is 190 g/mol. The van der Waals surface area contributed by atoms with Crippen molar-refractivity contribution < 1.29 is 4.74 Å². The van der Waals surface area contributed by atoms with Crippen LogP contribution in [0.25, 0.3) is 0 Å². The van der Waals surface area contributed by atoms with Crippen LogP contribution in [-0.2, 0) is 4.74 Å². The summed E-state index contributed by atoms with van der Waals surface area (Å²) in [6.07, 6.45) is 1.97. The van der Waals surface area contributed by atoms with Crippen molar-refractivity contribution in [2.45, 2.75) is 18.9 Å². The van der Waals surface area contributed by atoms with E-state index in [1.165, 1.54) is 0 Å². The predicted molar refractivity (Wildman–Crippen MR) is 59.6 cm³/mol. The van der Waals surface area contributed by atoms with E-state index in [9.17, 15) is 0 Å². The fourth-order valence-corrected chi connectivity index (χ4v) is 1.88. The van der Waals surface area contributed by atoms with Gasteiger partial charge in [0.1, 0.15) is 0 Å². The van der Waals surface area contributed by atoms with E-state index in [0.29, 0.717) is 12.5 Å². The number of nitriles is 1. The molecule has 0 saturated carbocycles. The lowest BCUT2D eigenvalue weighted by atomic mass is 10.2. The van der Waals surface area contributed by atoms with Gasteiger partial charge >= 0.3 is 0 Å². The Morgan fingerprint density at radius 3 is 3.00 bits per heavy atom. The number of ether oxygens (including phenoxy) is 1. The first-order valence-corrected chi connectivity index (χ1v) is 5.58. The molecule has 15 heavy (non-hydrogen) atoms. The Kier molecular flexibility index (Phi) is 5.62. The summed E-state index contributed by atoms with van der Waals surface area (Å²) < 4.78 is 5.68. The van der Waals surface area contributed by atoms with Gasteiger partial charge in [-0.15, -0.1) is 0 Å². The van der Waals surface area contributed by atoms with Crippen molar-refractivity contribution in [2.75, 3.05) is 46.9 Å². The van der Waals surface area contributed by atoms with Gasteiger partial charge in [-0.2, -0.15) is 5.26 Å². The topological polar surface area (TPSA) is 39.5 Å². The molecule has 0 unspecified atom stereocenters. The Bertz CT molecular complexity index is 212. The van der Waals surface area contributed by atoms with Crippen molar-refractivity contribution >= 4 is 0 Å². The van der Waals surface area contributed by atoms with Gasteiger partial charge < -0.3 is 9.64 Å². The largest absolute Gasteiger partial charge is 0.374 e. The zero-order chi connectivity index (χ0) is 11.1. The van der Waals surface area contributed by atoms with E-state index in [0.717, 1.165) is 39.2 Å². The molecule has 0 N–H and O–H groups in total. The van der Waals surface area contributed by atoms with E-state index in [1.54, 1.807) is 0 Å². The Labute approximate surface area is 92.4 Å². The molecule has 0 radical (unpaired) electrons. The maximum Gasteiger partial charge on any atom is 0.0829 e. The van der Waals surface area contributed by atoms with E-state index in [4.69, 9.17) is 10.00 Å². The zero-order valence-electron chi connectivity index (χ0n) is 9.78. The van der Waals surface area contributed by atoms with Crippen molar-refractivity contribution in [3.8, 4) is 6.07 Å². The highest BCUT2D eigenvalue weighted by Gasteiger charge is 2.20. The lowest BCUT2D eigenvalue weighted by molar-refractivity contribution is -0.0380. The number of unbranched alkanes of at least 4 members (excludes halogenated alkanes) is 1. The Morgan fingerprint density at radius 2 is 2.33 bits per heavy atom. The smallest absolute Gasteiger partial charge is 0.0829 e. The van der Waals surface area contributed by atoms with Crippen LogP contribution in [0.2, 0.25) is 0 Å². The lowest BCUT2D eigenvalue weighted by Gasteiger charge is -2.34. The molecule has 1 aliphatic heterocycles. The zero-order valence-corrected chi connectivity index (χ0v) is 9.78. The molecule has 0 aliphatic carbocycles. The van der Waals surface area contributed by atoms with Gasteiger partial charge in [0.2, 0.25) is 0 Å². The van der Waals surface area contributed by atoms with Crippen LogP contribution in [0.5, 0.6) is 0 Å². The molecule has 1 saturated heterocycles. The van der Waals surface area contributed by atoms with Crippen LogP contribution >= 0.6 is 0 Å². The van der Waals surface area contributed by atoms with Crippen LogP contribution in [0.1, 0.15) is 12.8 Å². The van der Waals surface area contributed by atoms with Gasteiger partial charge in [-0.25, -0.2) is 0 Å². The summed E-state index contributed by atoms with van der Waals surface area (Å²) in [5, 5.41) is 8.47. The van der Waals surface area contributed by atoms with Gasteiger partial charge in [0.25, 0.3) is 0 Å². The lowest BCUT2D eigenvalue weighted by Crippen LogP contribution is -2.46. The number of hydrogen-bond donors (Lipinski definition) is 0. The molecular formula is C11H21N3O. The molecule has 4 heteroatoms. The Balaban J connectivity index is 2.20. The molecule has 1 atom stereocenters. The van der Waals surface area contributed by atoms with Crippen LogP contribution in [0.15, 0.2) is 0 Å². The summed E-state index contributed by atoms with van der Waals surface area (Å²) in [6.45, 7) is 4.85. The minimum Gasteiger partial charge on any atom is -0.374 e. The number of rotatable bonds is 5. The van der Waals surface area contributed by atoms with Crippen molar-refractivity contribution in [2.24, 2.45) is 0 Å². The minimum atomic E-state index is 0.329. The Hall–Kier alpha value is -0.630. The summed E-state index contributed by atoms with van der Waals surface area (Å²) >= 11 is 0. The van der Waals surface area contributed by atoms with Crippen molar-refractivity contribution in [3.63, 3.8) is 0 Å². The monoisotopic (exact) mass is 211 g/mol. The van der Waals surface area contributed by atoms with Crippen LogP contribution in [0.3, 0.4) is 0 Å². The molecule has 1 aliphatic rings. The fourth-order valence-electron chi connectivity index (χ4n) is 1.88. The number of nitrogens with zero attached hydrogens (tertiary/aromatic N) is 3. The van der Waals surface area contributed by atoms with Gasteiger partial charge in [0.05, 0.1) is 18.8 Å². The fraction of sp³-hybridized carbons (Fsp3) is 0.909. The molecule has 0 aromatic heterocycles. The van der Waals surface area contributed by atoms with Gasteiger partial charge in [-0.1, -0.05) is 0 Å². The molecule has 4 nitrogen and oxygen atoms in total. The van der Waals surface area contributed by atoms with E-state index >= 15 is 0 Å². The van der Waals surface area contributed by atoms with Gasteiger partial charge in [0.15, 0.2) is 0 Å². The van der Waals surface area contributed by atoms with Crippen LogP contribution < -0.4 is 0 Å². The van der Waals surface area contributed by atoms with E-state index < -0.39 is 0 Å². The normalized spacial score (nSPS) is 22.9. The third-order valence-corrected chi connectivity index (χ3v) is 2.55. The van der Waals surface area contributed by atoms with Crippen LogP contribution in [0.4, 0.5) is 0 Å². The first-order chi connectivity index (χ1) is 7.22. The molecule has 0 spiro atoms. The molecule has 0 aromatic rings. The van der Waals surface area contributed by atoms with Gasteiger partial charge in [-0.05, 0) is 27.1 Å². The van der Waals surface area contributed by atoms with Crippen molar-refractivity contribution in [1.82, 2.24) is 9.80 Å². The molecule has 0 bridgehead atoms. The Morgan fingerprint density at radius 1 is 1.53 bits per heavy atom. The van der Waals surface area contributed by atoms with Gasteiger partial charge in [-0.3, -0.25) is 4.90 Å². The number of likely N-dealkylation sites (N-methyl/N-ethyl adjacent to an activating group) is 1. The minimum absolute atomic E-state index is 0.329. The highest BCUT2D eigenvalue weighted by molar-refractivity contribution is 4.75. The summed E-state index contributed by atoms with van der Waals surface area (Å²) in [6, 6.07) is 2.18. The maximum absolute atomic E-state index is 8.47. The number of morpholine rings is 1. The summed E-state index contributed by atoms with van der Waals surface area (Å²) in [5.74, 6) is 0. The van der Waals surface area contributed by atoms with Crippen molar-refractivity contribution in [1.29, 1.82) is 5.26 Å². The highest BCUT2D eigenvalue weighted by atomic mass is 16.5. The maximum atomic E-state index is 8.47. The average Bonchev–Trinajstić information content (AvgIpc) is 2.18. The average molecular weight is 211 g/mol. The second-order valence-corrected chi connectivity index (χ2v) is 4.32. The second kappa shape index (κ2) is 6.78. The third kappa shape index (κ3) is 5.12. The third-order valence-electron chi connectivity index (χ3n) is 2.55. The number of hydrogen-bond acceptors (Lipinski definition) is 4. The molecule has 1 rings (SSSR count). The highest BCUT2D eigenvalue weighted by Crippen LogP contribution is 2.07. The first-order valence-electron chi connectivity index (χ1n) is 5.58. The van der Waals surface area contributed by atoms with Crippen LogP contribution in [-0.4, -0.2) is 62.8 Å². The standard InChI is InChI=1S/C11H21N3O/c1-13(2)9-11-10-14(7-8-15-11)6-4-3-5-12/h11H,3-4,6-10H2,1-2H3/t11-/m0/s1. The quantitative estimate of drug-likeness (QED) is 0.623. The van der Waals surface area contributed by atoms with Gasteiger partial charge in [0, 0.05) is 26.1 Å². The molecule has 1 heterocycles. The molecule has 0 aromatic carbocycles. The molecule has 1 fully saturated rings. The second-order valence-electron chi connectivity index (χ2n) is 4.32. The summed E-state index contributed by atoms with van der Waals surface area (Å²) in [7, 11) is 4.13. The molecule has 86 valence electrons. The summed E-state index contributed by atoms with van der Waals surface area (Å²) in [4.78, 5) is 4.55. The molecule has 0 amide bonds. The van der Waals surface area contributed by atoms with E-state index in [-0.39, 0.29) is 0 Å². The predicted octanol–water partition coefficient (Wildman–Crippen LogP) is 0.553. The van der Waals surface area contributed by atoms with E-state index in [1.807, 2.05) is 0 Å². The summed E-state index contributed by atoms with van der Waals surface area (Å²) in [5.41, 5.74) is 0. The first kappa shape index (κ1) is 12.4. The van der Waals surface area contributed by atoms with Crippen molar-refractivity contribution in [3.05, 3.63) is 0 Å². The van der Waals surface area contributed by atoms with E-state index in [2.05, 4.69) is 30.0 Å².